The van der Waals surface area contributed by atoms with Crippen LogP contribution in [0.25, 0.3) is 0 Å². The molecule has 25 heavy (non-hydrogen) atoms. The van der Waals surface area contributed by atoms with Crippen LogP contribution < -0.4 is 5.32 Å². The van der Waals surface area contributed by atoms with Gasteiger partial charge < -0.3 is 5.32 Å². The summed E-state index contributed by atoms with van der Waals surface area (Å²) in [5, 5.41) is 7.29. The van der Waals surface area contributed by atoms with E-state index in [9.17, 15) is 4.79 Å². The third kappa shape index (κ3) is 3.87. The zero-order chi connectivity index (χ0) is 17.8. The zero-order valence-electron chi connectivity index (χ0n) is 13.7. The van der Waals surface area contributed by atoms with E-state index in [0.717, 1.165) is 5.56 Å². The van der Waals surface area contributed by atoms with Crippen molar-refractivity contribution in [3.63, 3.8) is 0 Å². The molecule has 5 nitrogen and oxygen atoms in total. The maximum atomic E-state index is 12.5. The Kier molecular flexibility index (Phi) is 4.82. The highest BCUT2D eigenvalue weighted by Gasteiger charge is 2.18. The summed E-state index contributed by atoms with van der Waals surface area (Å²) in [6, 6.07) is 12.9. The second-order valence-electron chi connectivity index (χ2n) is 5.37. The summed E-state index contributed by atoms with van der Waals surface area (Å²) >= 11 is 6.13. The van der Waals surface area contributed by atoms with E-state index in [1.165, 1.54) is 4.68 Å². The Balaban J connectivity index is 1.80. The van der Waals surface area contributed by atoms with Crippen molar-refractivity contribution in [2.45, 2.75) is 6.92 Å². The second-order valence-corrected chi connectivity index (χ2v) is 5.73. The number of aromatic nitrogens is 3. The van der Waals surface area contributed by atoms with E-state index in [1.807, 2.05) is 30.3 Å². The van der Waals surface area contributed by atoms with Gasteiger partial charge in [-0.1, -0.05) is 29.7 Å². The van der Waals surface area contributed by atoms with Crippen molar-refractivity contribution in [3.8, 4) is 11.8 Å². The molecule has 1 N–H and O–H groups in total. The number of anilines is 1. The van der Waals surface area contributed by atoms with Gasteiger partial charge in [-0.2, -0.15) is 5.10 Å². The average Bonchev–Trinajstić information content (AvgIpc) is 2.86. The van der Waals surface area contributed by atoms with Crippen molar-refractivity contribution in [2.75, 3.05) is 5.32 Å². The van der Waals surface area contributed by atoms with Gasteiger partial charge in [0.2, 0.25) is 0 Å². The topological polar surface area (TPSA) is 59.8 Å². The van der Waals surface area contributed by atoms with Gasteiger partial charge in [-0.25, -0.2) is 4.98 Å². The fourth-order valence-corrected chi connectivity index (χ4v) is 2.59. The molecule has 0 atom stereocenters. The molecular formula is C19H15ClN4O. The molecule has 0 fully saturated rings. The van der Waals surface area contributed by atoms with Crippen LogP contribution in [0.5, 0.6) is 0 Å². The molecule has 6 heteroatoms. The number of amides is 1. The van der Waals surface area contributed by atoms with Gasteiger partial charge in [0.1, 0.15) is 10.8 Å². The Morgan fingerprint density at radius 3 is 2.72 bits per heavy atom. The number of hydrogen-bond donors (Lipinski definition) is 1. The Hall–Kier alpha value is -3.10. The quantitative estimate of drug-likeness (QED) is 0.720. The van der Waals surface area contributed by atoms with E-state index in [0.29, 0.717) is 27.8 Å². The lowest BCUT2D eigenvalue weighted by Gasteiger charge is -2.05. The van der Waals surface area contributed by atoms with Gasteiger partial charge in [0, 0.05) is 24.5 Å². The highest BCUT2D eigenvalue weighted by molar-refractivity contribution is 6.33. The molecule has 0 spiro atoms. The lowest BCUT2D eigenvalue weighted by molar-refractivity contribution is 0.102. The number of carbonyl (C=O) groups is 1. The number of rotatable bonds is 2. The first kappa shape index (κ1) is 16.7. The molecule has 2 aromatic heterocycles. The molecule has 0 radical (unpaired) electrons. The Morgan fingerprint density at radius 2 is 2.04 bits per heavy atom. The number of nitrogens with one attached hydrogen (secondary N) is 1. The summed E-state index contributed by atoms with van der Waals surface area (Å²) in [6.07, 6.45) is 1.70. The fraction of sp³-hybridized carbons (Fsp3) is 0.105. The molecule has 0 unspecified atom stereocenters. The smallest absolute Gasteiger partial charge is 0.260 e. The summed E-state index contributed by atoms with van der Waals surface area (Å²) in [5.41, 5.74) is 3.05. The minimum atomic E-state index is -0.301. The zero-order valence-corrected chi connectivity index (χ0v) is 14.5. The highest BCUT2D eigenvalue weighted by atomic mass is 35.5. The molecule has 1 aromatic carbocycles. The second kappa shape index (κ2) is 7.20. The molecule has 0 aliphatic heterocycles. The minimum absolute atomic E-state index is 0.301. The molecule has 2 heterocycles. The summed E-state index contributed by atoms with van der Waals surface area (Å²) in [6.45, 7) is 1.75. The minimum Gasteiger partial charge on any atom is -0.322 e. The maximum Gasteiger partial charge on any atom is 0.260 e. The van der Waals surface area contributed by atoms with Crippen molar-refractivity contribution in [2.24, 2.45) is 7.05 Å². The standard InChI is InChI=1S/C19H15ClN4O/c1-13-17(18(20)24(2)23-13)19(25)22-16-8-5-6-14(12-16)9-10-15-7-3-4-11-21-15/h3-8,11-12H,1-2H3,(H,22,25). The molecule has 0 aliphatic rings. The number of nitrogens with zero attached hydrogens (tertiary/aromatic N) is 3. The van der Waals surface area contributed by atoms with Crippen LogP contribution in [0, 0.1) is 18.8 Å². The Labute approximate surface area is 150 Å². The van der Waals surface area contributed by atoms with Crippen LogP contribution in [-0.4, -0.2) is 20.7 Å². The lowest BCUT2D eigenvalue weighted by Crippen LogP contribution is -2.13. The molecule has 0 aliphatic carbocycles. The fourth-order valence-electron chi connectivity index (χ4n) is 2.33. The average molecular weight is 351 g/mol. The summed E-state index contributed by atoms with van der Waals surface area (Å²) in [7, 11) is 1.69. The van der Waals surface area contributed by atoms with Gasteiger partial charge in [0.15, 0.2) is 0 Å². The van der Waals surface area contributed by atoms with Crippen molar-refractivity contribution in [1.29, 1.82) is 0 Å². The van der Waals surface area contributed by atoms with Gasteiger partial charge in [-0.3, -0.25) is 9.48 Å². The molecule has 124 valence electrons. The van der Waals surface area contributed by atoms with Crippen molar-refractivity contribution in [3.05, 3.63) is 76.3 Å². The number of hydrogen-bond acceptors (Lipinski definition) is 3. The molecule has 0 saturated heterocycles. The van der Waals surface area contributed by atoms with E-state index in [1.54, 1.807) is 32.3 Å². The van der Waals surface area contributed by atoms with Crippen molar-refractivity contribution < 1.29 is 4.79 Å². The van der Waals surface area contributed by atoms with Crippen LogP contribution in [0.1, 0.15) is 27.3 Å². The van der Waals surface area contributed by atoms with Crippen molar-refractivity contribution >= 4 is 23.2 Å². The van der Waals surface area contributed by atoms with E-state index < -0.39 is 0 Å². The monoisotopic (exact) mass is 350 g/mol. The number of carbonyl (C=O) groups excluding carboxylic acids is 1. The molecule has 3 rings (SSSR count). The summed E-state index contributed by atoms with van der Waals surface area (Å²) in [5.74, 6) is 5.72. The van der Waals surface area contributed by atoms with E-state index >= 15 is 0 Å². The van der Waals surface area contributed by atoms with Gasteiger partial charge in [-0.15, -0.1) is 0 Å². The van der Waals surface area contributed by atoms with Gasteiger partial charge in [0.05, 0.1) is 11.3 Å². The van der Waals surface area contributed by atoms with E-state index in [4.69, 9.17) is 11.6 Å². The number of pyridine rings is 1. The predicted octanol–water partition coefficient (Wildman–Crippen LogP) is 3.43. The number of aryl methyl sites for hydroxylation is 2. The van der Waals surface area contributed by atoms with Gasteiger partial charge in [0.25, 0.3) is 5.91 Å². The maximum absolute atomic E-state index is 12.5. The third-order valence-electron chi connectivity index (χ3n) is 3.50. The highest BCUT2D eigenvalue weighted by Crippen LogP contribution is 2.20. The number of benzene rings is 1. The van der Waals surface area contributed by atoms with Crippen LogP contribution in [0.4, 0.5) is 5.69 Å². The van der Waals surface area contributed by atoms with Gasteiger partial charge in [-0.05, 0) is 43.2 Å². The normalized spacial score (nSPS) is 10.0. The largest absolute Gasteiger partial charge is 0.322 e. The molecule has 0 saturated carbocycles. The summed E-state index contributed by atoms with van der Waals surface area (Å²) in [4.78, 5) is 16.6. The van der Waals surface area contributed by atoms with Crippen LogP contribution in [-0.2, 0) is 7.05 Å². The Morgan fingerprint density at radius 1 is 1.20 bits per heavy atom. The molecule has 0 bridgehead atoms. The Bertz CT molecular complexity index is 984. The van der Waals surface area contributed by atoms with E-state index in [-0.39, 0.29) is 5.91 Å². The first-order valence-electron chi connectivity index (χ1n) is 7.58. The number of halogens is 1. The van der Waals surface area contributed by atoms with Gasteiger partial charge >= 0.3 is 0 Å². The first-order chi connectivity index (χ1) is 12.0. The van der Waals surface area contributed by atoms with E-state index in [2.05, 4.69) is 27.2 Å². The molecular weight excluding hydrogens is 336 g/mol. The lowest BCUT2D eigenvalue weighted by atomic mass is 10.2. The molecule has 1 amide bonds. The van der Waals surface area contributed by atoms with Crippen molar-refractivity contribution in [1.82, 2.24) is 14.8 Å². The van der Waals surface area contributed by atoms with Crippen LogP contribution >= 0.6 is 11.6 Å². The SMILES string of the molecule is Cc1nn(C)c(Cl)c1C(=O)Nc1cccc(C#Cc2ccccn2)c1. The third-order valence-corrected chi connectivity index (χ3v) is 3.93. The van der Waals surface area contributed by atoms with Crippen LogP contribution in [0.2, 0.25) is 5.15 Å². The van der Waals surface area contributed by atoms with Crippen LogP contribution in [0.15, 0.2) is 48.7 Å². The van der Waals surface area contributed by atoms with Crippen LogP contribution in [0.3, 0.4) is 0 Å². The molecule has 3 aromatic rings. The predicted molar refractivity (Wildman–Crippen MR) is 97.6 cm³/mol. The summed E-state index contributed by atoms with van der Waals surface area (Å²) < 4.78 is 1.47. The first-order valence-corrected chi connectivity index (χ1v) is 7.96.